The van der Waals surface area contributed by atoms with E-state index in [1.165, 1.54) is 6.92 Å². The van der Waals surface area contributed by atoms with Crippen molar-refractivity contribution in [3.63, 3.8) is 0 Å². The van der Waals surface area contributed by atoms with Gasteiger partial charge in [0.1, 0.15) is 0 Å². The Kier molecular flexibility index (Phi) is 8.55. The standard InChI is InChI=1S/C16H23ClN2O3/c1-13(20)19(10-11-22-2)9-7-16(21)18-8-6-14-4-3-5-15(17)12-14/h3-5,12H,6-11H2,1-2H3,(H,18,21). The molecule has 0 aliphatic heterocycles. The van der Waals surface area contributed by atoms with E-state index in [1.807, 2.05) is 24.3 Å². The molecular weight excluding hydrogens is 304 g/mol. The van der Waals surface area contributed by atoms with Crippen LogP contribution in [-0.2, 0) is 20.7 Å². The summed E-state index contributed by atoms with van der Waals surface area (Å²) in [5.41, 5.74) is 1.08. The number of ether oxygens (including phenoxy) is 1. The topological polar surface area (TPSA) is 58.6 Å². The number of carbonyl (C=O) groups excluding carboxylic acids is 2. The van der Waals surface area contributed by atoms with E-state index in [0.29, 0.717) is 37.7 Å². The molecule has 0 spiro atoms. The molecule has 1 N–H and O–H groups in total. The van der Waals surface area contributed by atoms with Gasteiger partial charge in [0.05, 0.1) is 6.61 Å². The first-order chi connectivity index (χ1) is 10.5. The molecule has 0 unspecified atom stereocenters. The molecule has 0 bridgehead atoms. The van der Waals surface area contributed by atoms with Crippen molar-refractivity contribution in [2.75, 3.05) is 33.4 Å². The molecular formula is C16H23ClN2O3. The highest BCUT2D eigenvalue weighted by Crippen LogP contribution is 2.10. The van der Waals surface area contributed by atoms with E-state index in [4.69, 9.17) is 16.3 Å². The number of nitrogens with one attached hydrogen (secondary N) is 1. The molecule has 0 radical (unpaired) electrons. The highest BCUT2D eigenvalue weighted by molar-refractivity contribution is 6.30. The van der Waals surface area contributed by atoms with Gasteiger partial charge in [-0.1, -0.05) is 23.7 Å². The Morgan fingerprint density at radius 2 is 2.09 bits per heavy atom. The quantitative estimate of drug-likeness (QED) is 0.754. The van der Waals surface area contributed by atoms with Crippen molar-refractivity contribution in [3.05, 3.63) is 34.9 Å². The van der Waals surface area contributed by atoms with Crippen molar-refractivity contribution >= 4 is 23.4 Å². The second-order valence-corrected chi connectivity index (χ2v) is 5.42. The normalized spacial score (nSPS) is 10.3. The molecule has 0 aliphatic rings. The summed E-state index contributed by atoms with van der Waals surface area (Å²) in [5, 5.41) is 3.54. The van der Waals surface area contributed by atoms with Crippen LogP contribution in [0, 0.1) is 0 Å². The second-order valence-electron chi connectivity index (χ2n) is 4.98. The van der Waals surface area contributed by atoms with Crippen LogP contribution in [0.25, 0.3) is 0 Å². The van der Waals surface area contributed by atoms with Gasteiger partial charge in [0.15, 0.2) is 0 Å². The van der Waals surface area contributed by atoms with Gasteiger partial charge in [-0.25, -0.2) is 0 Å². The highest BCUT2D eigenvalue weighted by atomic mass is 35.5. The average Bonchev–Trinajstić information content (AvgIpc) is 2.47. The number of amides is 2. The number of hydrogen-bond donors (Lipinski definition) is 1. The molecule has 0 fully saturated rings. The Morgan fingerprint density at radius 3 is 2.73 bits per heavy atom. The van der Waals surface area contributed by atoms with Gasteiger partial charge in [0.25, 0.3) is 0 Å². The van der Waals surface area contributed by atoms with E-state index in [-0.39, 0.29) is 11.8 Å². The highest BCUT2D eigenvalue weighted by Gasteiger charge is 2.10. The molecule has 0 heterocycles. The minimum Gasteiger partial charge on any atom is -0.383 e. The average molecular weight is 327 g/mol. The van der Waals surface area contributed by atoms with E-state index in [9.17, 15) is 9.59 Å². The van der Waals surface area contributed by atoms with Crippen molar-refractivity contribution in [2.24, 2.45) is 0 Å². The third-order valence-electron chi connectivity index (χ3n) is 3.24. The first-order valence-electron chi connectivity index (χ1n) is 7.28. The van der Waals surface area contributed by atoms with Crippen molar-refractivity contribution in [3.8, 4) is 0 Å². The fraction of sp³-hybridized carbons (Fsp3) is 0.500. The monoisotopic (exact) mass is 326 g/mol. The second kappa shape index (κ2) is 10.2. The Hall–Kier alpha value is -1.59. The van der Waals surface area contributed by atoms with E-state index in [2.05, 4.69) is 5.32 Å². The van der Waals surface area contributed by atoms with Gasteiger partial charge in [-0.15, -0.1) is 0 Å². The summed E-state index contributed by atoms with van der Waals surface area (Å²) in [7, 11) is 1.58. The van der Waals surface area contributed by atoms with Gasteiger partial charge in [-0.2, -0.15) is 0 Å². The number of halogens is 1. The summed E-state index contributed by atoms with van der Waals surface area (Å²) in [4.78, 5) is 24.8. The van der Waals surface area contributed by atoms with E-state index in [0.717, 1.165) is 12.0 Å². The minimum absolute atomic E-state index is 0.0521. The summed E-state index contributed by atoms with van der Waals surface area (Å²) < 4.78 is 4.95. The lowest BCUT2D eigenvalue weighted by atomic mass is 10.1. The van der Waals surface area contributed by atoms with E-state index in [1.54, 1.807) is 12.0 Å². The molecule has 0 atom stereocenters. The lowest BCUT2D eigenvalue weighted by molar-refractivity contribution is -0.130. The predicted molar refractivity (Wildman–Crippen MR) is 86.9 cm³/mol. The lowest BCUT2D eigenvalue weighted by Crippen LogP contribution is -2.36. The summed E-state index contributed by atoms with van der Waals surface area (Å²) in [6.07, 6.45) is 1.02. The Bertz CT molecular complexity index is 494. The molecule has 5 nitrogen and oxygen atoms in total. The first kappa shape index (κ1) is 18.5. The molecule has 1 rings (SSSR count). The number of rotatable bonds is 9. The maximum Gasteiger partial charge on any atom is 0.221 e. The molecule has 0 aliphatic carbocycles. The van der Waals surface area contributed by atoms with Gasteiger partial charge in [0, 0.05) is 45.1 Å². The van der Waals surface area contributed by atoms with Crippen LogP contribution < -0.4 is 5.32 Å². The molecule has 1 aromatic carbocycles. The summed E-state index contributed by atoms with van der Waals surface area (Å²) in [6.45, 7) is 3.42. The fourth-order valence-electron chi connectivity index (χ4n) is 1.99. The number of nitrogens with zero attached hydrogens (tertiary/aromatic N) is 1. The maximum atomic E-state index is 11.8. The number of benzene rings is 1. The zero-order valence-corrected chi connectivity index (χ0v) is 13.9. The van der Waals surface area contributed by atoms with E-state index >= 15 is 0 Å². The van der Waals surface area contributed by atoms with Gasteiger partial charge in [0.2, 0.25) is 11.8 Å². The van der Waals surface area contributed by atoms with Crippen molar-refractivity contribution < 1.29 is 14.3 Å². The summed E-state index contributed by atoms with van der Waals surface area (Å²) >= 11 is 5.91. The fourth-order valence-corrected chi connectivity index (χ4v) is 2.20. The predicted octanol–water partition coefficient (Wildman–Crippen LogP) is 1.88. The third kappa shape index (κ3) is 7.43. The van der Waals surface area contributed by atoms with E-state index < -0.39 is 0 Å². The van der Waals surface area contributed by atoms with Crippen LogP contribution in [0.4, 0.5) is 0 Å². The summed E-state index contributed by atoms with van der Waals surface area (Å²) in [5.74, 6) is -0.116. The summed E-state index contributed by atoms with van der Waals surface area (Å²) in [6, 6.07) is 7.57. The number of hydrogen-bond acceptors (Lipinski definition) is 3. The SMILES string of the molecule is COCCN(CCC(=O)NCCc1cccc(Cl)c1)C(C)=O. The zero-order chi connectivity index (χ0) is 16.4. The molecule has 0 aromatic heterocycles. The maximum absolute atomic E-state index is 11.8. The van der Waals surface area contributed by atoms with Crippen LogP contribution in [0.2, 0.25) is 5.02 Å². The molecule has 22 heavy (non-hydrogen) atoms. The van der Waals surface area contributed by atoms with Crippen LogP contribution in [0.3, 0.4) is 0 Å². The van der Waals surface area contributed by atoms with Crippen molar-refractivity contribution in [1.29, 1.82) is 0 Å². The van der Waals surface area contributed by atoms with Crippen LogP contribution >= 0.6 is 11.6 Å². The van der Waals surface area contributed by atoms with Gasteiger partial charge in [-0.05, 0) is 24.1 Å². The lowest BCUT2D eigenvalue weighted by Gasteiger charge is -2.20. The molecule has 1 aromatic rings. The molecule has 2 amide bonds. The Morgan fingerprint density at radius 1 is 1.32 bits per heavy atom. The minimum atomic E-state index is -0.0642. The van der Waals surface area contributed by atoms with Crippen molar-refractivity contribution in [2.45, 2.75) is 19.8 Å². The molecule has 6 heteroatoms. The Balaban J connectivity index is 2.26. The largest absolute Gasteiger partial charge is 0.383 e. The first-order valence-corrected chi connectivity index (χ1v) is 7.66. The number of carbonyl (C=O) groups is 2. The van der Waals surface area contributed by atoms with Crippen LogP contribution in [0.1, 0.15) is 18.9 Å². The van der Waals surface area contributed by atoms with Gasteiger partial charge < -0.3 is 15.0 Å². The van der Waals surface area contributed by atoms with Crippen LogP contribution in [0.5, 0.6) is 0 Å². The molecule has 0 saturated carbocycles. The van der Waals surface area contributed by atoms with Gasteiger partial charge >= 0.3 is 0 Å². The Labute approximate surface area is 136 Å². The van der Waals surface area contributed by atoms with Crippen LogP contribution in [0.15, 0.2) is 24.3 Å². The smallest absolute Gasteiger partial charge is 0.221 e. The zero-order valence-electron chi connectivity index (χ0n) is 13.1. The molecule has 122 valence electrons. The van der Waals surface area contributed by atoms with Gasteiger partial charge in [-0.3, -0.25) is 9.59 Å². The number of methoxy groups -OCH3 is 1. The molecule has 0 saturated heterocycles. The third-order valence-corrected chi connectivity index (χ3v) is 3.48. The van der Waals surface area contributed by atoms with Crippen LogP contribution in [-0.4, -0.2) is 50.1 Å². The van der Waals surface area contributed by atoms with Crippen molar-refractivity contribution in [1.82, 2.24) is 10.2 Å².